The molecular formula is C18H29IN4O2. The number of carbonyl (C=O) groups excluding carboxylic acids is 1. The number of nitrogens with one attached hydrogen (secondary N) is 2. The third kappa shape index (κ3) is 7.09. The van der Waals surface area contributed by atoms with Crippen molar-refractivity contribution in [2.24, 2.45) is 4.99 Å². The van der Waals surface area contributed by atoms with Crippen LogP contribution in [-0.2, 0) is 11.3 Å². The van der Waals surface area contributed by atoms with E-state index in [1.54, 1.807) is 11.9 Å². The monoisotopic (exact) mass is 460 g/mol. The molecule has 1 fully saturated rings. The Hall–Kier alpha value is -1.51. The molecule has 1 saturated heterocycles. The summed E-state index contributed by atoms with van der Waals surface area (Å²) in [6.45, 7) is 6.51. The van der Waals surface area contributed by atoms with Gasteiger partial charge in [0.15, 0.2) is 5.96 Å². The number of aryl methyl sites for hydroxylation is 1. The first kappa shape index (κ1) is 21.5. The summed E-state index contributed by atoms with van der Waals surface area (Å²) in [4.78, 5) is 17.8. The molecule has 6 nitrogen and oxygen atoms in total. The average Bonchev–Trinajstić information content (AvgIpc) is 2.59. The standard InChI is InChI=1S/C18H28N4O2.HI/c1-4-24-18(23)22-10-8-16(9-11-22)21-17(19-3)20-13-15-7-5-6-14(2)12-15;/h5-7,12,16H,4,8-11,13H2,1-3H3,(H2,19,20,21);1H. The minimum absolute atomic E-state index is 0. The maximum absolute atomic E-state index is 11.7. The van der Waals surface area contributed by atoms with Crippen LogP contribution in [0.25, 0.3) is 0 Å². The van der Waals surface area contributed by atoms with Crippen molar-refractivity contribution in [2.75, 3.05) is 26.7 Å². The Morgan fingerprint density at radius 2 is 2.08 bits per heavy atom. The summed E-state index contributed by atoms with van der Waals surface area (Å²) in [5.74, 6) is 0.797. The number of nitrogens with zero attached hydrogens (tertiary/aromatic N) is 2. The molecule has 1 heterocycles. The number of halogens is 1. The number of piperidine rings is 1. The van der Waals surface area contributed by atoms with Gasteiger partial charge in [-0.2, -0.15) is 0 Å². The molecule has 2 N–H and O–H groups in total. The molecular weight excluding hydrogens is 431 g/mol. The fourth-order valence-electron chi connectivity index (χ4n) is 2.82. The first-order valence-electron chi connectivity index (χ1n) is 8.56. The molecule has 0 atom stereocenters. The third-order valence-corrected chi connectivity index (χ3v) is 4.13. The van der Waals surface area contributed by atoms with Gasteiger partial charge < -0.3 is 20.3 Å². The number of guanidine groups is 1. The van der Waals surface area contributed by atoms with Gasteiger partial charge in [-0.1, -0.05) is 29.8 Å². The molecule has 7 heteroatoms. The Labute approximate surface area is 167 Å². The lowest BCUT2D eigenvalue weighted by molar-refractivity contribution is 0.0963. The second kappa shape index (κ2) is 11.2. The summed E-state index contributed by atoms with van der Waals surface area (Å²) in [5, 5.41) is 6.79. The molecule has 140 valence electrons. The van der Waals surface area contributed by atoms with Crippen molar-refractivity contribution in [3.8, 4) is 0 Å². The Morgan fingerprint density at radius 1 is 1.36 bits per heavy atom. The van der Waals surface area contributed by atoms with Gasteiger partial charge in [0, 0.05) is 32.7 Å². The van der Waals surface area contributed by atoms with Crippen molar-refractivity contribution in [1.29, 1.82) is 0 Å². The summed E-state index contributed by atoms with van der Waals surface area (Å²) in [6, 6.07) is 8.74. The van der Waals surface area contributed by atoms with Gasteiger partial charge >= 0.3 is 6.09 Å². The summed E-state index contributed by atoms with van der Waals surface area (Å²) in [5.41, 5.74) is 2.48. The SMILES string of the molecule is CCOC(=O)N1CCC(NC(=NC)NCc2cccc(C)c2)CC1.I. The molecule has 1 amide bonds. The first-order chi connectivity index (χ1) is 11.6. The predicted molar refractivity (Wildman–Crippen MR) is 112 cm³/mol. The van der Waals surface area contributed by atoms with Crippen LogP contribution >= 0.6 is 24.0 Å². The van der Waals surface area contributed by atoms with Crippen LogP contribution in [0.1, 0.15) is 30.9 Å². The second-order valence-electron chi connectivity index (χ2n) is 6.02. The zero-order valence-corrected chi connectivity index (χ0v) is 17.6. The molecule has 25 heavy (non-hydrogen) atoms. The van der Waals surface area contributed by atoms with E-state index in [2.05, 4.69) is 46.8 Å². The highest BCUT2D eigenvalue weighted by atomic mass is 127. The number of carbonyl (C=O) groups is 1. The van der Waals surface area contributed by atoms with Gasteiger partial charge in [0.05, 0.1) is 6.61 Å². The Bertz CT molecular complexity index is 572. The molecule has 1 aliphatic heterocycles. The molecule has 0 aromatic heterocycles. The van der Waals surface area contributed by atoms with Gasteiger partial charge in [-0.05, 0) is 32.3 Å². The van der Waals surface area contributed by atoms with Crippen LogP contribution in [0, 0.1) is 6.92 Å². The van der Waals surface area contributed by atoms with Gasteiger partial charge in [-0.3, -0.25) is 4.99 Å². The lowest BCUT2D eigenvalue weighted by Crippen LogP contribution is -2.49. The van der Waals surface area contributed by atoms with Crippen molar-refractivity contribution >= 4 is 36.0 Å². The Balaban J connectivity index is 0.00000312. The van der Waals surface area contributed by atoms with Crippen LogP contribution in [0.4, 0.5) is 4.79 Å². The second-order valence-corrected chi connectivity index (χ2v) is 6.02. The molecule has 2 rings (SSSR count). The summed E-state index contributed by atoms with van der Waals surface area (Å²) < 4.78 is 5.05. The lowest BCUT2D eigenvalue weighted by Gasteiger charge is -2.32. The molecule has 0 unspecified atom stereocenters. The van der Waals surface area contributed by atoms with Gasteiger partial charge in [0.2, 0.25) is 0 Å². The van der Waals surface area contributed by atoms with Crippen molar-refractivity contribution in [2.45, 2.75) is 39.3 Å². The van der Waals surface area contributed by atoms with E-state index in [0.29, 0.717) is 25.7 Å². The fourth-order valence-corrected chi connectivity index (χ4v) is 2.82. The Kier molecular flexibility index (Phi) is 9.62. The quantitative estimate of drug-likeness (QED) is 0.412. The van der Waals surface area contributed by atoms with E-state index >= 15 is 0 Å². The maximum Gasteiger partial charge on any atom is 0.409 e. The normalized spacial score (nSPS) is 15.3. The molecule has 1 aliphatic rings. The molecule has 0 bridgehead atoms. The highest BCUT2D eigenvalue weighted by Gasteiger charge is 2.23. The molecule has 0 radical (unpaired) electrons. The number of rotatable bonds is 4. The first-order valence-corrected chi connectivity index (χ1v) is 8.56. The van der Waals surface area contributed by atoms with E-state index in [0.717, 1.165) is 25.3 Å². The van der Waals surface area contributed by atoms with E-state index in [9.17, 15) is 4.79 Å². The minimum atomic E-state index is -0.210. The summed E-state index contributed by atoms with van der Waals surface area (Å²) >= 11 is 0. The number of hydrogen-bond acceptors (Lipinski definition) is 3. The third-order valence-electron chi connectivity index (χ3n) is 4.13. The number of amides is 1. The zero-order valence-electron chi connectivity index (χ0n) is 15.2. The van der Waals surface area contributed by atoms with Gasteiger partial charge in [0.25, 0.3) is 0 Å². The van der Waals surface area contributed by atoms with Crippen LogP contribution in [-0.4, -0.2) is 49.7 Å². The van der Waals surface area contributed by atoms with E-state index in [1.165, 1.54) is 11.1 Å². The number of benzene rings is 1. The average molecular weight is 460 g/mol. The van der Waals surface area contributed by atoms with E-state index < -0.39 is 0 Å². The van der Waals surface area contributed by atoms with E-state index in [-0.39, 0.29) is 30.1 Å². The van der Waals surface area contributed by atoms with Crippen LogP contribution in [0.15, 0.2) is 29.3 Å². The van der Waals surface area contributed by atoms with E-state index in [4.69, 9.17) is 4.74 Å². The molecule has 0 aliphatic carbocycles. The molecule has 0 spiro atoms. The van der Waals surface area contributed by atoms with Crippen molar-refractivity contribution in [3.63, 3.8) is 0 Å². The number of aliphatic imine (C=N–C) groups is 1. The number of hydrogen-bond donors (Lipinski definition) is 2. The molecule has 1 aromatic rings. The van der Waals surface area contributed by atoms with Crippen molar-refractivity contribution in [3.05, 3.63) is 35.4 Å². The van der Waals surface area contributed by atoms with Crippen LogP contribution in [0.3, 0.4) is 0 Å². The van der Waals surface area contributed by atoms with Gasteiger partial charge in [-0.25, -0.2) is 4.79 Å². The maximum atomic E-state index is 11.7. The fraction of sp³-hybridized carbons (Fsp3) is 0.556. The number of ether oxygens (including phenoxy) is 1. The highest BCUT2D eigenvalue weighted by Crippen LogP contribution is 2.11. The smallest absolute Gasteiger partial charge is 0.409 e. The topological polar surface area (TPSA) is 66.0 Å². The summed E-state index contributed by atoms with van der Waals surface area (Å²) in [6.07, 6.45) is 1.58. The predicted octanol–water partition coefficient (Wildman–Crippen LogP) is 2.90. The van der Waals surface area contributed by atoms with Crippen molar-refractivity contribution in [1.82, 2.24) is 15.5 Å². The highest BCUT2D eigenvalue weighted by molar-refractivity contribution is 14.0. The summed E-state index contributed by atoms with van der Waals surface area (Å²) in [7, 11) is 1.78. The zero-order chi connectivity index (χ0) is 17.4. The van der Waals surface area contributed by atoms with Crippen LogP contribution in [0.2, 0.25) is 0 Å². The lowest BCUT2D eigenvalue weighted by atomic mass is 10.1. The Morgan fingerprint density at radius 3 is 2.68 bits per heavy atom. The van der Waals surface area contributed by atoms with Crippen LogP contribution in [0.5, 0.6) is 0 Å². The van der Waals surface area contributed by atoms with E-state index in [1.807, 2.05) is 6.92 Å². The van der Waals surface area contributed by atoms with Crippen molar-refractivity contribution < 1.29 is 9.53 Å². The number of likely N-dealkylation sites (tertiary alicyclic amines) is 1. The molecule has 1 aromatic carbocycles. The molecule has 0 saturated carbocycles. The largest absolute Gasteiger partial charge is 0.450 e. The minimum Gasteiger partial charge on any atom is -0.450 e. The van der Waals surface area contributed by atoms with Crippen LogP contribution < -0.4 is 10.6 Å². The van der Waals surface area contributed by atoms with Gasteiger partial charge in [-0.15, -0.1) is 24.0 Å². The van der Waals surface area contributed by atoms with Gasteiger partial charge in [0.1, 0.15) is 0 Å².